The maximum Gasteiger partial charge on any atom is 0.0437 e. The third-order valence-corrected chi connectivity index (χ3v) is 1.95. The number of aryl methyl sites for hydroxylation is 1. The second kappa shape index (κ2) is 8.27. The van der Waals surface area contributed by atoms with Gasteiger partial charge in [-0.3, -0.25) is 0 Å². The van der Waals surface area contributed by atoms with Crippen LogP contribution in [0.4, 0.5) is 0 Å². The molecule has 0 N–H and O–H groups in total. The second-order valence-electron chi connectivity index (χ2n) is 2.58. The number of halogens is 1. The molecule has 13 heavy (non-hydrogen) atoms. The van der Waals surface area contributed by atoms with Gasteiger partial charge in [-0.2, -0.15) is 0 Å². The third-order valence-electron chi connectivity index (χ3n) is 1.42. The Hall–Kier alpha value is -0.340. The van der Waals surface area contributed by atoms with Crippen molar-refractivity contribution in [2.24, 2.45) is 0 Å². The summed E-state index contributed by atoms with van der Waals surface area (Å²) in [7, 11) is 0. The Kier molecular flexibility index (Phi) is 8.05. The van der Waals surface area contributed by atoms with Gasteiger partial charge >= 0.3 is 0 Å². The average Bonchev–Trinajstić information content (AvgIpc) is 2.13. The van der Waals surface area contributed by atoms with E-state index in [1.807, 2.05) is 26.0 Å². The van der Waals surface area contributed by atoms with Gasteiger partial charge in [-0.05, 0) is 32.9 Å². The van der Waals surface area contributed by atoms with Gasteiger partial charge in [0, 0.05) is 17.7 Å². The van der Waals surface area contributed by atoms with E-state index in [1.165, 1.54) is 5.56 Å². The second-order valence-corrected chi connectivity index (χ2v) is 3.49. The van der Waals surface area contributed by atoms with E-state index in [4.69, 9.17) is 4.74 Å². The number of ether oxygens (including phenoxy) is 1. The standard InChI is InChI=1S/C7H7Br.C4H10O/c1-6-2-4-7(8)5-3-6;1-3-5-4-2/h2-5H,1H3;3-4H2,1-2H3. The first-order valence-electron chi connectivity index (χ1n) is 4.50. The predicted octanol–water partition coefficient (Wildman–Crippen LogP) is 3.80. The summed E-state index contributed by atoms with van der Waals surface area (Å²) in [5.74, 6) is 0. The fourth-order valence-electron chi connectivity index (χ4n) is 0.737. The van der Waals surface area contributed by atoms with Crippen molar-refractivity contribution in [1.29, 1.82) is 0 Å². The van der Waals surface area contributed by atoms with Crippen molar-refractivity contribution in [3.05, 3.63) is 34.3 Å². The molecule has 0 spiro atoms. The molecule has 0 aromatic heterocycles. The van der Waals surface area contributed by atoms with Crippen molar-refractivity contribution in [1.82, 2.24) is 0 Å². The van der Waals surface area contributed by atoms with E-state index in [0.717, 1.165) is 17.7 Å². The van der Waals surface area contributed by atoms with Crippen molar-refractivity contribution in [3.8, 4) is 0 Å². The number of benzene rings is 1. The van der Waals surface area contributed by atoms with E-state index in [2.05, 4.69) is 35.0 Å². The molecular weight excluding hydrogens is 228 g/mol. The molecule has 1 nitrogen and oxygen atoms in total. The van der Waals surface area contributed by atoms with Gasteiger partial charge in [0.25, 0.3) is 0 Å². The molecule has 1 aromatic carbocycles. The van der Waals surface area contributed by atoms with Crippen LogP contribution in [0.15, 0.2) is 28.7 Å². The summed E-state index contributed by atoms with van der Waals surface area (Å²) in [5.41, 5.74) is 1.30. The van der Waals surface area contributed by atoms with Crippen LogP contribution in [0.5, 0.6) is 0 Å². The highest BCUT2D eigenvalue weighted by Gasteiger charge is 1.81. The molecule has 2 heteroatoms. The summed E-state index contributed by atoms with van der Waals surface area (Å²) >= 11 is 3.35. The summed E-state index contributed by atoms with van der Waals surface area (Å²) in [4.78, 5) is 0. The van der Waals surface area contributed by atoms with Crippen LogP contribution < -0.4 is 0 Å². The zero-order valence-corrected chi connectivity index (χ0v) is 10.1. The van der Waals surface area contributed by atoms with E-state index in [1.54, 1.807) is 0 Å². The minimum absolute atomic E-state index is 0.844. The van der Waals surface area contributed by atoms with Crippen molar-refractivity contribution >= 4 is 15.9 Å². The number of hydrogen-bond acceptors (Lipinski definition) is 1. The summed E-state index contributed by atoms with van der Waals surface area (Å²) in [5, 5.41) is 0. The molecule has 0 amide bonds. The molecule has 0 fully saturated rings. The van der Waals surface area contributed by atoms with Crippen LogP contribution in [0.25, 0.3) is 0 Å². The Balaban J connectivity index is 0.000000252. The van der Waals surface area contributed by atoms with Crippen molar-refractivity contribution in [2.75, 3.05) is 13.2 Å². The van der Waals surface area contributed by atoms with Crippen LogP contribution in [0.2, 0.25) is 0 Å². The zero-order chi connectivity index (χ0) is 10.1. The lowest BCUT2D eigenvalue weighted by atomic mass is 10.2. The Bertz CT molecular complexity index is 183. The van der Waals surface area contributed by atoms with Gasteiger partial charge in [0.1, 0.15) is 0 Å². The maximum atomic E-state index is 4.83. The lowest BCUT2D eigenvalue weighted by Gasteiger charge is -1.88. The molecular formula is C11H17BrO. The highest BCUT2D eigenvalue weighted by molar-refractivity contribution is 9.10. The molecule has 0 aliphatic carbocycles. The van der Waals surface area contributed by atoms with E-state index in [9.17, 15) is 0 Å². The minimum atomic E-state index is 0.844. The van der Waals surface area contributed by atoms with E-state index < -0.39 is 0 Å². The van der Waals surface area contributed by atoms with E-state index in [0.29, 0.717) is 0 Å². The first-order chi connectivity index (χ1) is 6.20. The first-order valence-corrected chi connectivity index (χ1v) is 5.29. The maximum absolute atomic E-state index is 4.83. The SMILES string of the molecule is CCOCC.Cc1ccc(Br)cc1. The molecule has 0 aliphatic heterocycles. The van der Waals surface area contributed by atoms with Crippen LogP contribution in [0, 0.1) is 6.92 Å². The quantitative estimate of drug-likeness (QED) is 0.770. The fraction of sp³-hybridized carbons (Fsp3) is 0.455. The number of hydrogen-bond donors (Lipinski definition) is 0. The fourth-order valence-corrected chi connectivity index (χ4v) is 1.00. The Morgan fingerprint density at radius 1 is 1.08 bits per heavy atom. The number of rotatable bonds is 2. The summed E-state index contributed by atoms with van der Waals surface area (Å²) < 4.78 is 5.98. The van der Waals surface area contributed by atoms with Crippen molar-refractivity contribution < 1.29 is 4.74 Å². The molecule has 0 unspecified atom stereocenters. The molecule has 0 saturated heterocycles. The highest BCUT2D eigenvalue weighted by Crippen LogP contribution is 2.08. The zero-order valence-electron chi connectivity index (χ0n) is 8.51. The lowest BCUT2D eigenvalue weighted by Crippen LogP contribution is -1.84. The molecule has 0 saturated carbocycles. The van der Waals surface area contributed by atoms with Crippen LogP contribution in [-0.4, -0.2) is 13.2 Å². The smallest absolute Gasteiger partial charge is 0.0437 e. The molecule has 0 radical (unpaired) electrons. The minimum Gasteiger partial charge on any atom is -0.382 e. The van der Waals surface area contributed by atoms with Crippen LogP contribution in [-0.2, 0) is 4.74 Å². The van der Waals surface area contributed by atoms with Gasteiger partial charge in [-0.15, -0.1) is 0 Å². The van der Waals surface area contributed by atoms with Crippen LogP contribution in [0.3, 0.4) is 0 Å². The average molecular weight is 245 g/mol. The Morgan fingerprint density at radius 2 is 1.54 bits per heavy atom. The van der Waals surface area contributed by atoms with Crippen molar-refractivity contribution in [3.63, 3.8) is 0 Å². The molecule has 0 bridgehead atoms. The van der Waals surface area contributed by atoms with Crippen molar-refractivity contribution in [2.45, 2.75) is 20.8 Å². The van der Waals surface area contributed by atoms with Gasteiger partial charge in [0.05, 0.1) is 0 Å². The summed E-state index contributed by atoms with van der Waals surface area (Å²) in [6.07, 6.45) is 0. The van der Waals surface area contributed by atoms with Gasteiger partial charge in [-0.1, -0.05) is 33.6 Å². The van der Waals surface area contributed by atoms with E-state index >= 15 is 0 Å². The summed E-state index contributed by atoms with van der Waals surface area (Å²) in [6, 6.07) is 8.22. The molecule has 1 aromatic rings. The predicted molar refractivity (Wildman–Crippen MR) is 61.0 cm³/mol. The Labute approximate surface area is 89.2 Å². The van der Waals surface area contributed by atoms with Crippen LogP contribution in [0.1, 0.15) is 19.4 Å². The van der Waals surface area contributed by atoms with Crippen LogP contribution >= 0.6 is 15.9 Å². The molecule has 0 aliphatic rings. The van der Waals surface area contributed by atoms with Gasteiger partial charge < -0.3 is 4.74 Å². The topological polar surface area (TPSA) is 9.23 Å². The lowest BCUT2D eigenvalue weighted by molar-refractivity contribution is 0.162. The molecule has 1 rings (SSSR count). The molecule has 0 heterocycles. The first kappa shape index (κ1) is 12.7. The van der Waals surface area contributed by atoms with Gasteiger partial charge in [-0.25, -0.2) is 0 Å². The van der Waals surface area contributed by atoms with E-state index in [-0.39, 0.29) is 0 Å². The highest BCUT2D eigenvalue weighted by atomic mass is 79.9. The molecule has 74 valence electrons. The largest absolute Gasteiger partial charge is 0.382 e. The summed E-state index contributed by atoms with van der Waals surface area (Å²) in [6.45, 7) is 7.74. The normalized spacial score (nSPS) is 8.92. The Morgan fingerprint density at radius 3 is 1.77 bits per heavy atom. The van der Waals surface area contributed by atoms with Gasteiger partial charge in [0.15, 0.2) is 0 Å². The molecule has 0 atom stereocenters. The third kappa shape index (κ3) is 8.00. The van der Waals surface area contributed by atoms with Gasteiger partial charge in [0.2, 0.25) is 0 Å². The monoisotopic (exact) mass is 244 g/mol.